The summed E-state index contributed by atoms with van der Waals surface area (Å²) in [7, 11) is -10.8. The number of hydrogen-bond acceptors (Lipinski definition) is 12. The van der Waals surface area contributed by atoms with Crippen LogP contribution in [-0.4, -0.2) is 67.7 Å². The zero-order chi connectivity index (χ0) is 36.5. The van der Waals surface area contributed by atoms with Crippen LogP contribution in [0.5, 0.6) is 0 Å². The second-order valence-corrected chi connectivity index (χ2v) is 14.6. The Morgan fingerprint density at radius 3 is 2.10 bits per heavy atom. The molecule has 0 saturated carbocycles. The molecule has 4 rings (SSSR count). The summed E-state index contributed by atoms with van der Waals surface area (Å²) in [6.45, 7) is 5.81. The van der Waals surface area contributed by atoms with Crippen molar-refractivity contribution in [1.29, 1.82) is 0 Å². The number of carboxylic acid groups (broad SMARTS) is 1. The Labute approximate surface area is 309 Å². The summed E-state index contributed by atoms with van der Waals surface area (Å²) in [6.07, 6.45) is 1.22. The molecule has 0 saturated heterocycles. The molecule has 0 aromatic heterocycles. The fraction of sp³-hybridized carbons (Fsp3) is 0.290. The molecule has 0 unspecified atom stereocenters. The van der Waals surface area contributed by atoms with Crippen LogP contribution in [0.3, 0.4) is 0 Å². The number of anilines is 1. The van der Waals surface area contributed by atoms with E-state index in [2.05, 4.69) is 10.6 Å². The van der Waals surface area contributed by atoms with Crippen LogP contribution >= 0.6 is 0 Å². The summed E-state index contributed by atoms with van der Waals surface area (Å²) in [6, 6.07) is 8.08. The molecule has 0 spiro atoms. The van der Waals surface area contributed by atoms with Crippen LogP contribution in [0, 0.1) is 0 Å². The van der Waals surface area contributed by atoms with E-state index < -0.39 is 81.5 Å². The molecule has 0 atom stereocenters. The van der Waals surface area contributed by atoms with Gasteiger partial charge in [-0.2, -0.15) is 0 Å². The van der Waals surface area contributed by atoms with Crippen LogP contribution in [-0.2, 0) is 25.0 Å². The number of benzene rings is 3. The van der Waals surface area contributed by atoms with Crippen molar-refractivity contribution in [3.8, 4) is 22.5 Å². The van der Waals surface area contributed by atoms with E-state index >= 15 is 0 Å². The van der Waals surface area contributed by atoms with Crippen molar-refractivity contribution in [3.63, 3.8) is 0 Å². The van der Waals surface area contributed by atoms with Crippen molar-refractivity contribution in [2.45, 2.75) is 55.4 Å². The molecule has 1 heterocycles. The van der Waals surface area contributed by atoms with Gasteiger partial charge in [-0.05, 0) is 82.0 Å². The van der Waals surface area contributed by atoms with E-state index in [-0.39, 0.29) is 63.7 Å². The van der Waals surface area contributed by atoms with Crippen LogP contribution in [0.1, 0.15) is 60.7 Å². The third-order valence-electron chi connectivity index (χ3n) is 7.12. The maximum atomic E-state index is 13.2. The van der Waals surface area contributed by atoms with Crippen molar-refractivity contribution < 1.29 is 89.6 Å². The molecular formula is C31H33N4NaO12S2. The first-order valence-corrected chi connectivity index (χ1v) is 17.5. The number of aromatic carboxylic acids is 1. The van der Waals surface area contributed by atoms with E-state index in [9.17, 15) is 45.4 Å². The fourth-order valence-electron chi connectivity index (χ4n) is 5.12. The molecule has 7 N–H and O–H groups in total. The molecular weight excluding hydrogens is 707 g/mol. The van der Waals surface area contributed by atoms with E-state index in [1.165, 1.54) is 24.3 Å². The summed E-state index contributed by atoms with van der Waals surface area (Å²) in [5.41, 5.74) is 2.81. The van der Waals surface area contributed by atoms with Gasteiger partial charge in [0.1, 0.15) is 30.7 Å². The summed E-state index contributed by atoms with van der Waals surface area (Å²) < 4.78 is 84.6. The number of amides is 2. The zero-order valence-electron chi connectivity index (χ0n) is 27.5. The number of nitrogen functional groups attached to an aromatic ring is 1. The first kappa shape index (κ1) is 40.4. The molecule has 1 aliphatic carbocycles. The minimum Gasteiger partial charge on any atom is -0.744 e. The largest absolute Gasteiger partial charge is 1.00 e. The Morgan fingerprint density at radius 1 is 0.900 bits per heavy atom. The monoisotopic (exact) mass is 740 g/mol. The van der Waals surface area contributed by atoms with E-state index in [4.69, 9.17) is 20.3 Å². The van der Waals surface area contributed by atoms with Gasteiger partial charge in [-0.25, -0.2) is 26.4 Å². The minimum absolute atomic E-state index is 0. The SMILES string of the molecule is CC(C)(C)OC(=O)NCCCCCNC(=O)c1ccc(C(=O)O)c(-c2c3ccc(=[NH2+])c(S(=O)(=O)[O-])c-3oc3c(S(=O)(=O)[O-])c(N)ccc23)c1.[Na+]. The Morgan fingerprint density at radius 2 is 1.52 bits per heavy atom. The fourth-order valence-corrected chi connectivity index (χ4v) is 6.59. The molecule has 2 amide bonds. The van der Waals surface area contributed by atoms with Crippen molar-refractivity contribution in [1.82, 2.24) is 10.6 Å². The van der Waals surface area contributed by atoms with Crippen molar-refractivity contribution in [3.05, 3.63) is 58.9 Å². The number of carboxylic acids is 1. The van der Waals surface area contributed by atoms with Crippen LogP contribution in [0.15, 0.2) is 56.7 Å². The average molecular weight is 741 g/mol. The molecule has 50 heavy (non-hydrogen) atoms. The molecule has 0 bridgehead atoms. The summed E-state index contributed by atoms with van der Waals surface area (Å²) in [5.74, 6) is -2.86. The number of hydrogen-bond donors (Lipinski definition) is 5. The van der Waals surface area contributed by atoms with Gasteiger partial charge in [-0.3, -0.25) is 10.2 Å². The van der Waals surface area contributed by atoms with Crippen molar-refractivity contribution in [2.24, 2.45) is 0 Å². The van der Waals surface area contributed by atoms with E-state index in [0.29, 0.717) is 25.8 Å². The van der Waals surface area contributed by atoms with Gasteiger partial charge in [-0.1, -0.05) is 0 Å². The number of nitrogens with one attached hydrogen (secondary N) is 2. The van der Waals surface area contributed by atoms with Gasteiger partial charge in [0.05, 0.1) is 11.3 Å². The summed E-state index contributed by atoms with van der Waals surface area (Å²) in [5, 5.41) is 20.5. The number of carbonyl (C=O) groups excluding carboxylic acids is 2. The van der Waals surface area contributed by atoms with Gasteiger partial charge >= 0.3 is 41.6 Å². The number of alkyl carbamates (subject to hydrolysis) is 1. The molecule has 0 radical (unpaired) electrons. The second kappa shape index (κ2) is 15.5. The van der Waals surface area contributed by atoms with E-state index in [0.717, 1.165) is 18.2 Å². The Balaban J connectivity index is 0.00000676. The van der Waals surface area contributed by atoms with Gasteiger partial charge in [0.15, 0.2) is 16.2 Å². The second-order valence-electron chi connectivity index (χ2n) is 11.9. The van der Waals surface area contributed by atoms with Crippen molar-refractivity contribution in [2.75, 3.05) is 18.8 Å². The maximum Gasteiger partial charge on any atom is 1.00 e. The van der Waals surface area contributed by atoms with Gasteiger partial charge in [0.2, 0.25) is 5.36 Å². The molecule has 1 aliphatic heterocycles. The standard InChI is InChI=1S/C31H34N4O12S2.Na/c1-31(2,3)47-30(39)35-14-6-4-5-13-34-28(36)16-7-8-17(29(37)38)20(15-16)23-18-9-11-21(32)26(48(40,41)42)24(18)46-25-19(23)10-12-22(33)27(25)49(43,44)45;/h7-12,15,32H,4-6,13-14,33H2,1-3H3,(H,34,36)(H,35,39)(H,37,38)(H,40,41,42)(H,43,44,45);/q;+1/p-1. The molecule has 0 fully saturated rings. The molecule has 2 aromatic rings. The van der Waals surface area contributed by atoms with Crippen LogP contribution in [0.25, 0.3) is 33.4 Å². The summed E-state index contributed by atoms with van der Waals surface area (Å²) >= 11 is 0. The Bertz CT molecular complexity index is 2230. The molecule has 2 aliphatic rings. The Hall–Kier alpha value is -4.04. The number of fused-ring (bicyclic) bond motifs is 2. The van der Waals surface area contributed by atoms with Gasteiger partial charge in [0.25, 0.3) is 5.91 Å². The molecule has 16 nitrogen and oxygen atoms in total. The van der Waals surface area contributed by atoms with E-state index in [1.54, 1.807) is 20.8 Å². The third-order valence-corrected chi connectivity index (χ3v) is 8.96. The quantitative estimate of drug-likeness (QED) is 0.0381. The predicted octanol–water partition coefficient (Wildman–Crippen LogP) is -1.62. The van der Waals surface area contributed by atoms with Gasteiger partial charge in [-0.15, -0.1) is 0 Å². The third kappa shape index (κ3) is 9.19. The number of ether oxygens (including phenoxy) is 1. The molecule has 2 aromatic carbocycles. The predicted molar refractivity (Wildman–Crippen MR) is 171 cm³/mol. The first-order valence-electron chi connectivity index (χ1n) is 14.7. The maximum absolute atomic E-state index is 13.2. The van der Waals surface area contributed by atoms with Crippen LogP contribution in [0.2, 0.25) is 0 Å². The number of carbonyl (C=O) groups is 3. The van der Waals surface area contributed by atoms with Gasteiger partial charge < -0.3 is 39.7 Å². The normalized spacial score (nSPS) is 11.9. The molecule has 19 heteroatoms. The van der Waals surface area contributed by atoms with E-state index in [1.807, 2.05) is 0 Å². The van der Waals surface area contributed by atoms with Crippen LogP contribution < -0.4 is 56.7 Å². The topological polar surface area (TPSA) is 284 Å². The Kier molecular flexibility index (Phi) is 12.5. The minimum atomic E-state index is -5.40. The van der Waals surface area contributed by atoms with Gasteiger partial charge in [0, 0.05) is 41.2 Å². The van der Waals surface area contributed by atoms with Crippen LogP contribution in [0.4, 0.5) is 10.5 Å². The summed E-state index contributed by atoms with van der Waals surface area (Å²) in [4.78, 5) is 35.2. The number of unbranched alkanes of at least 4 members (excludes halogenated alkanes) is 2. The first-order chi connectivity index (χ1) is 22.7. The smallest absolute Gasteiger partial charge is 0.744 e. The average Bonchev–Trinajstić information content (AvgIpc) is 2.96. The molecule has 262 valence electrons. The van der Waals surface area contributed by atoms with Crippen molar-refractivity contribution >= 4 is 54.9 Å². The zero-order valence-corrected chi connectivity index (χ0v) is 31.1. The number of rotatable bonds is 11. The number of nitrogens with two attached hydrogens (primary N) is 2.